The van der Waals surface area contributed by atoms with Gasteiger partial charge in [0.1, 0.15) is 5.69 Å². The molecule has 1 fully saturated rings. The SMILES string of the molecule is CC1(CNC(=O)c2ccc(=O)[nH]n2)COC1. The molecule has 0 aliphatic carbocycles. The lowest BCUT2D eigenvalue weighted by Gasteiger charge is -2.37. The molecule has 1 aromatic heterocycles. The van der Waals surface area contributed by atoms with Crippen molar-refractivity contribution >= 4 is 5.91 Å². The highest BCUT2D eigenvalue weighted by molar-refractivity contribution is 5.91. The van der Waals surface area contributed by atoms with Gasteiger partial charge in [0.05, 0.1) is 13.2 Å². The maximum atomic E-state index is 11.6. The van der Waals surface area contributed by atoms with E-state index in [0.29, 0.717) is 19.8 Å². The summed E-state index contributed by atoms with van der Waals surface area (Å²) in [6.07, 6.45) is 0. The van der Waals surface area contributed by atoms with Crippen molar-refractivity contribution in [3.63, 3.8) is 0 Å². The Morgan fingerprint density at radius 3 is 2.88 bits per heavy atom. The van der Waals surface area contributed by atoms with Crippen LogP contribution in [0.3, 0.4) is 0 Å². The lowest BCUT2D eigenvalue weighted by molar-refractivity contribution is -0.0978. The molecule has 6 heteroatoms. The number of carbonyl (C=O) groups excluding carboxylic acids is 1. The van der Waals surface area contributed by atoms with Gasteiger partial charge in [-0.2, -0.15) is 5.10 Å². The van der Waals surface area contributed by atoms with Crippen molar-refractivity contribution in [2.45, 2.75) is 6.92 Å². The molecule has 0 saturated carbocycles. The second kappa shape index (κ2) is 4.05. The summed E-state index contributed by atoms with van der Waals surface area (Å²) in [5, 5.41) is 8.61. The van der Waals surface area contributed by atoms with Gasteiger partial charge in [-0.1, -0.05) is 6.92 Å². The van der Waals surface area contributed by atoms with Crippen molar-refractivity contribution in [2.75, 3.05) is 19.8 Å². The second-order valence-electron chi connectivity index (χ2n) is 4.29. The number of nitrogens with zero attached hydrogens (tertiary/aromatic N) is 1. The van der Waals surface area contributed by atoms with Gasteiger partial charge in [-0.05, 0) is 6.07 Å². The van der Waals surface area contributed by atoms with Crippen LogP contribution in [0.2, 0.25) is 0 Å². The number of aromatic amines is 1. The molecule has 1 amide bonds. The van der Waals surface area contributed by atoms with Crippen molar-refractivity contribution in [2.24, 2.45) is 5.41 Å². The van der Waals surface area contributed by atoms with E-state index < -0.39 is 0 Å². The summed E-state index contributed by atoms with van der Waals surface area (Å²) in [6.45, 7) is 3.91. The van der Waals surface area contributed by atoms with Crippen LogP contribution < -0.4 is 10.9 Å². The van der Waals surface area contributed by atoms with Crippen molar-refractivity contribution in [1.82, 2.24) is 15.5 Å². The van der Waals surface area contributed by atoms with E-state index in [9.17, 15) is 9.59 Å². The van der Waals surface area contributed by atoms with Crippen LogP contribution in [-0.2, 0) is 4.74 Å². The number of hydrogen-bond acceptors (Lipinski definition) is 4. The van der Waals surface area contributed by atoms with E-state index in [4.69, 9.17) is 4.74 Å². The minimum Gasteiger partial charge on any atom is -0.380 e. The summed E-state index contributed by atoms with van der Waals surface area (Å²) in [6, 6.07) is 2.67. The quantitative estimate of drug-likeness (QED) is 0.726. The van der Waals surface area contributed by atoms with E-state index in [2.05, 4.69) is 15.5 Å². The van der Waals surface area contributed by atoms with Gasteiger partial charge in [-0.25, -0.2) is 5.10 Å². The van der Waals surface area contributed by atoms with Crippen LogP contribution in [0, 0.1) is 5.41 Å². The van der Waals surface area contributed by atoms with Gasteiger partial charge >= 0.3 is 0 Å². The third-order valence-corrected chi connectivity index (χ3v) is 2.49. The fraction of sp³-hybridized carbons (Fsp3) is 0.500. The number of hydrogen-bond donors (Lipinski definition) is 2. The predicted molar refractivity (Wildman–Crippen MR) is 56.1 cm³/mol. The molecule has 2 rings (SSSR count). The molecule has 0 aromatic carbocycles. The van der Waals surface area contributed by atoms with Crippen LogP contribution in [0.1, 0.15) is 17.4 Å². The second-order valence-corrected chi connectivity index (χ2v) is 4.29. The molecule has 2 N–H and O–H groups in total. The van der Waals surface area contributed by atoms with Crippen LogP contribution >= 0.6 is 0 Å². The topological polar surface area (TPSA) is 84.1 Å². The molecule has 16 heavy (non-hydrogen) atoms. The monoisotopic (exact) mass is 223 g/mol. The molecular formula is C10H13N3O3. The van der Waals surface area contributed by atoms with Gasteiger partial charge in [0.25, 0.3) is 11.5 Å². The standard InChI is InChI=1S/C10H13N3O3/c1-10(5-16-6-10)4-11-9(15)7-2-3-8(14)13-12-7/h2-3H,4-6H2,1H3,(H,11,15)(H,13,14). The van der Waals surface area contributed by atoms with E-state index in [1.165, 1.54) is 12.1 Å². The largest absolute Gasteiger partial charge is 0.380 e. The Balaban J connectivity index is 1.92. The zero-order chi connectivity index (χ0) is 11.6. The highest BCUT2D eigenvalue weighted by Gasteiger charge is 2.33. The number of amides is 1. The summed E-state index contributed by atoms with van der Waals surface area (Å²) in [5.74, 6) is -0.288. The summed E-state index contributed by atoms with van der Waals surface area (Å²) in [5.41, 5.74) is -0.0861. The van der Waals surface area contributed by atoms with Crippen LogP contribution in [0.25, 0.3) is 0 Å². The smallest absolute Gasteiger partial charge is 0.271 e. The van der Waals surface area contributed by atoms with Crippen molar-refractivity contribution < 1.29 is 9.53 Å². The molecule has 6 nitrogen and oxygen atoms in total. The first-order valence-electron chi connectivity index (χ1n) is 5.01. The number of H-pyrrole nitrogens is 1. The third kappa shape index (κ3) is 2.27. The highest BCUT2D eigenvalue weighted by atomic mass is 16.5. The van der Waals surface area contributed by atoms with Crippen LogP contribution in [0.4, 0.5) is 0 Å². The molecule has 0 bridgehead atoms. The summed E-state index contributed by atoms with van der Waals surface area (Å²) < 4.78 is 5.08. The van der Waals surface area contributed by atoms with Gasteiger partial charge in [0.2, 0.25) is 0 Å². The van der Waals surface area contributed by atoms with Crippen LogP contribution in [0.5, 0.6) is 0 Å². The predicted octanol–water partition coefficient (Wildman–Crippen LogP) is -0.464. The molecule has 0 unspecified atom stereocenters. The molecule has 1 aromatic rings. The minimum atomic E-state index is -0.323. The Morgan fingerprint density at radius 2 is 2.38 bits per heavy atom. The Hall–Kier alpha value is -1.69. The molecule has 2 heterocycles. The summed E-state index contributed by atoms with van der Waals surface area (Å²) >= 11 is 0. The molecule has 86 valence electrons. The Labute approximate surface area is 92.0 Å². The average Bonchev–Trinajstić information content (AvgIpc) is 2.24. The molecule has 0 atom stereocenters. The fourth-order valence-electron chi connectivity index (χ4n) is 1.41. The Kier molecular flexibility index (Phi) is 2.74. The average molecular weight is 223 g/mol. The zero-order valence-electron chi connectivity index (χ0n) is 8.95. The summed E-state index contributed by atoms with van der Waals surface area (Å²) in [7, 11) is 0. The van der Waals surface area contributed by atoms with Crippen LogP contribution in [0.15, 0.2) is 16.9 Å². The number of nitrogens with one attached hydrogen (secondary N) is 2. The summed E-state index contributed by atoms with van der Waals surface area (Å²) in [4.78, 5) is 22.4. The molecule has 1 saturated heterocycles. The Bertz CT molecular complexity index is 430. The first-order valence-corrected chi connectivity index (χ1v) is 5.01. The Morgan fingerprint density at radius 1 is 1.62 bits per heavy atom. The molecular weight excluding hydrogens is 210 g/mol. The maximum Gasteiger partial charge on any atom is 0.271 e. The molecule has 1 aliphatic rings. The van der Waals surface area contributed by atoms with E-state index in [0.717, 1.165) is 0 Å². The molecule has 0 radical (unpaired) electrons. The van der Waals surface area contributed by atoms with E-state index in [1.807, 2.05) is 6.92 Å². The van der Waals surface area contributed by atoms with Crippen LogP contribution in [-0.4, -0.2) is 35.9 Å². The first-order chi connectivity index (χ1) is 7.59. The normalized spacial score (nSPS) is 17.6. The molecule has 0 spiro atoms. The molecule has 1 aliphatic heterocycles. The van der Waals surface area contributed by atoms with Gasteiger partial charge < -0.3 is 10.1 Å². The number of aromatic nitrogens is 2. The highest BCUT2D eigenvalue weighted by Crippen LogP contribution is 2.25. The van der Waals surface area contributed by atoms with Gasteiger partial charge in [-0.15, -0.1) is 0 Å². The lowest BCUT2D eigenvalue weighted by atomic mass is 9.89. The van der Waals surface area contributed by atoms with Crippen molar-refractivity contribution in [3.8, 4) is 0 Å². The number of ether oxygens (including phenoxy) is 1. The minimum absolute atomic E-state index is 0.0256. The number of rotatable bonds is 3. The zero-order valence-corrected chi connectivity index (χ0v) is 8.95. The van der Waals surface area contributed by atoms with E-state index in [-0.39, 0.29) is 22.6 Å². The first kappa shape index (κ1) is 10.8. The fourth-order valence-corrected chi connectivity index (χ4v) is 1.41. The van der Waals surface area contributed by atoms with Crippen molar-refractivity contribution in [3.05, 3.63) is 28.2 Å². The number of carbonyl (C=O) groups is 1. The van der Waals surface area contributed by atoms with Gasteiger partial charge in [-0.3, -0.25) is 9.59 Å². The third-order valence-electron chi connectivity index (χ3n) is 2.49. The van der Waals surface area contributed by atoms with Gasteiger partial charge in [0, 0.05) is 18.0 Å². The van der Waals surface area contributed by atoms with E-state index >= 15 is 0 Å². The van der Waals surface area contributed by atoms with Gasteiger partial charge in [0.15, 0.2) is 0 Å². The lowest BCUT2D eigenvalue weighted by Crippen LogP contribution is -2.48. The van der Waals surface area contributed by atoms with E-state index in [1.54, 1.807) is 0 Å². The van der Waals surface area contributed by atoms with Crippen molar-refractivity contribution in [1.29, 1.82) is 0 Å². The maximum absolute atomic E-state index is 11.6.